The number of pyridine rings is 1. The van der Waals surface area contributed by atoms with E-state index in [1.165, 1.54) is 24.0 Å². The monoisotopic (exact) mass is 374 g/mol. The number of benzene rings is 1. The van der Waals surface area contributed by atoms with Crippen molar-refractivity contribution in [3.63, 3.8) is 0 Å². The van der Waals surface area contributed by atoms with E-state index in [4.69, 9.17) is 23.2 Å². The molecule has 0 amide bonds. The summed E-state index contributed by atoms with van der Waals surface area (Å²) in [6.45, 7) is 2.18. The second-order valence-electron chi connectivity index (χ2n) is 7.06. The molecule has 0 radical (unpaired) electrons. The van der Waals surface area contributed by atoms with Crippen molar-refractivity contribution in [2.45, 2.75) is 37.8 Å². The SMILES string of the molecule is CC1=CN(C2CC2)C(c2cc(Cl)c(=O)n(C)c2)[C@@H]1c1ccc(Cl)cc1. The Morgan fingerprint density at radius 3 is 2.36 bits per heavy atom. The highest BCUT2D eigenvalue weighted by Crippen LogP contribution is 2.50. The molecule has 1 aromatic carbocycles. The maximum atomic E-state index is 12.0. The Bertz CT molecular complexity index is 871. The summed E-state index contributed by atoms with van der Waals surface area (Å²) in [5.41, 5.74) is 3.47. The molecule has 130 valence electrons. The standard InChI is InChI=1S/C20H20Cl2N2O/c1-12-10-24(16-7-8-16)19(14-9-17(22)20(25)23(2)11-14)18(12)13-3-5-15(21)6-4-13/h3-6,9-11,16,18-19H,7-8H2,1-2H3/t18-,19?/m0/s1. The number of aromatic nitrogens is 1. The van der Waals surface area contributed by atoms with Gasteiger partial charge in [-0.25, -0.2) is 0 Å². The minimum absolute atomic E-state index is 0.151. The van der Waals surface area contributed by atoms with Crippen LogP contribution in [0.5, 0.6) is 0 Å². The summed E-state index contributed by atoms with van der Waals surface area (Å²) in [6.07, 6.45) is 6.63. The molecule has 5 heteroatoms. The van der Waals surface area contributed by atoms with Gasteiger partial charge >= 0.3 is 0 Å². The maximum Gasteiger partial charge on any atom is 0.269 e. The second kappa shape index (κ2) is 6.22. The highest BCUT2D eigenvalue weighted by Gasteiger charge is 2.42. The zero-order chi connectivity index (χ0) is 17.7. The van der Waals surface area contributed by atoms with Crippen molar-refractivity contribution in [1.82, 2.24) is 9.47 Å². The molecule has 2 heterocycles. The molecular weight excluding hydrogens is 355 g/mol. The summed E-state index contributed by atoms with van der Waals surface area (Å²) in [6, 6.07) is 10.6. The number of hydrogen-bond donors (Lipinski definition) is 0. The van der Waals surface area contributed by atoms with Crippen LogP contribution in [0.2, 0.25) is 10.0 Å². The van der Waals surface area contributed by atoms with E-state index in [0.717, 1.165) is 10.6 Å². The molecule has 0 saturated heterocycles. The van der Waals surface area contributed by atoms with Gasteiger partial charge in [0.25, 0.3) is 5.56 Å². The number of nitrogens with zero attached hydrogens (tertiary/aromatic N) is 2. The third kappa shape index (κ3) is 3.00. The van der Waals surface area contributed by atoms with Gasteiger partial charge in [0.2, 0.25) is 0 Å². The van der Waals surface area contributed by atoms with Gasteiger partial charge in [0.15, 0.2) is 0 Å². The van der Waals surface area contributed by atoms with E-state index in [2.05, 4.69) is 30.2 Å². The fraction of sp³-hybridized carbons (Fsp3) is 0.350. The van der Waals surface area contributed by atoms with Crippen molar-refractivity contribution >= 4 is 23.2 Å². The molecule has 2 atom stereocenters. The molecule has 1 aliphatic heterocycles. The molecule has 1 aliphatic carbocycles. The molecule has 1 fully saturated rings. The van der Waals surface area contributed by atoms with Crippen LogP contribution in [0.4, 0.5) is 0 Å². The molecule has 1 unspecified atom stereocenters. The number of aryl methyl sites for hydroxylation is 1. The average molecular weight is 375 g/mol. The van der Waals surface area contributed by atoms with Crippen LogP contribution in [-0.2, 0) is 7.05 Å². The van der Waals surface area contributed by atoms with Crippen LogP contribution in [0.25, 0.3) is 0 Å². The first-order valence-corrected chi connectivity index (χ1v) is 9.28. The maximum absolute atomic E-state index is 12.0. The average Bonchev–Trinajstić information content (AvgIpc) is 3.36. The first-order chi connectivity index (χ1) is 12.0. The van der Waals surface area contributed by atoms with E-state index in [1.54, 1.807) is 11.6 Å². The Morgan fingerprint density at radius 2 is 1.76 bits per heavy atom. The van der Waals surface area contributed by atoms with Gasteiger partial charge < -0.3 is 9.47 Å². The van der Waals surface area contributed by atoms with Crippen LogP contribution in [0.3, 0.4) is 0 Å². The van der Waals surface area contributed by atoms with Crippen LogP contribution in [0, 0.1) is 0 Å². The highest BCUT2D eigenvalue weighted by molar-refractivity contribution is 6.30. The smallest absolute Gasteiger partial charge is 0.269 e. The third-order valence-corrected chi connectivity index (χ3v) is 5.70. The van der Waals surface area contributed by atoms with Gasteiger partial charge in [0.05, 0.1) is 6.04 Å². The summed E-state index contributed by atoms with van der Waals surface area (Å²) < 4.78 is 1.58. The molecule has 1 saturated carbocycles. The van der Waals surface area contributed by atoms with Crippen molar-refractivity contribution in [3.8, 4) is 0 Å². The van der Waals surface area contributed by atoms with Gasteiger partial charge in [-0.1, -0.05) is 35.3 Å². The van der Waals surface area contributed by atoms with E-state index in [1.807, 2.05) is 24.4 Å². The molecule has 0 N–H and O–H groups in total. The van der Waals surface area contributed by atoms with E-state index >= 15 is 0 Å². The molecule has 4 rings (SSSR count). The van der Waals surface area contributed by atoms with E-state index in [0.29, 0.717) is 6.04 Å². The second-order valence-corrected chi connectivity index (χ2v) is 7.91. The Hall–Kier alpha value is -1.71. The van der Waals surface area contributed by atoms with Gasteiger partial charge in [0.1, 0.15) is 5.02 Å². The molecule has 25 heavy (non-hydrogen) atoms. The quantitative estimate of drug-likeness (QED) is 0.763. The predicted molar refractivity (Wildman–Crippen MR) is 102 cm³/mol. The number of hydrogen-bond acceptors (Lipinski definition) is 2. The Balaban J connectivity index is 1.82. The van der Waals surface area contributed by atoms with Crippen LogP contribution in [0.1, 0.15) is 42.9 Å². The number of rotatable bonds is 3. The van der Waals surface area contributed by atoms with Crippen LogP contribution in [-0.4, -0.2) is 15.5 Å². The van der Waals surface area contributed by atoms with Crippen LogP contribution >= 0.6 is 23.2 Å². The summed E-state index contributed by atoms with van der Waals surface area (Å²) in [5, 5.41) is 1.01. The highest BCUT2D eigenvalue weighted by atomic mass is 35.5. The fourth-order valence-electron chi connectivity index (χ4n) is 3.86. The van der Waals surface area contributed by atoms with E-state index in [9.17, 15) is 4.79 Å². The topological polar surface area (TPSA) is 25.2 Å². The van der Waals surface area contributed by atoms with Crippen molar-refractivity contribution < 1.29 is 0 Å². The lowest BCUT2D eigenvalue weighted by Gasteiger charge is -2.31. The molecule has 0 bridgehead atoms. The molecule has 2 aromatic rings. The van der Waals surface area contributed by atoms with Crippen molar-refractivity contribution in [2.24, 2.45) is 7.05 Å². The predicted octanol–water partition coefficient (Wildman–Crippen LogP) is 4.90. The number of halogens is 2. The van der Waals surface area contributed by atoms with Crippen LogP contribution in [0.15, 0.2) is 53.1 Å². The summed E-state index contributed by atoms with van der Waals surface area (Å²) >= 11 is 12.3. The summed E-state index contributed by atoms with van der Waals surface area (Å²) in [7, 11) is 1.76. The Morgan fingerprint density at radius 1 is 1.08 bits per heavy atom. The van der Waals surface area contributed by atoms with Crippen LogP contribution < -0.4 is 5.56 Å². The van der Waals surface area contributed by atoms with Gasteiger partial charge in [-0.2, -0.15) is 0 Å². The van der Waals surface area contributed by atoms with Crippen molar-refractivity contribution in [3.05, 3.63) is 79.8 Å². The van der Waals surface area contributed by atoms with Gasteiger partial charge in [-0.05, 0) is 60.9 Å². The molecule has 2 aliphatic rings. The first-order valence-electron chi connectivity index (χ1n) is 8.53. The van der Waals surface area contributed by atoms with Gasteiger partial charge in [-0.3, -0.25) is 4.79 Å². The minimum atomic E-state index is -0.158. The largest absolute Gasteiger partial charge is 0.367 e. The molecule has 1 aromatic heterocycles. The minimum Gasteiger partial charge on any atom is -0.367 e. The lowest BCUT2D eigenvalue weighted by Crippen LogP contribution is -2.27. The van der Waals surface area contributed by atoms with E-state index < -0.39 is 0 Å². The van der Waals surface area contributed by atoms with Crippen molar-refractivity contribution in [2.75, 3.05) is 0 Å². The molecule has 3 nitrogen and oxygen atoms in total. The fourth-order valence-corrected chi connectivity index (χ4v) is 4.25. The zero-order valence-electron chi connectivity index (χ0n) is 14.2. The molecular formula is C20H20Cl2N2O. The van der Waals surface area contributed by atoms with Gasteiger partial charge in [0, 0.05) is 30.2 Å². The normalized spacial score (nSPS) is 23.0. The lowest BCUT2D eigenvalue weighted by atomic mass is 9.85. The Kier molecular flexibility index (Phi) is 4.17. The summed E-state index contributed by atoms with van der Waals surface area (Å²) in [4.78, 5) is 14.5. The third-order valence-electron chi connectivity index (χ3n) is 5.18. The Labute approximate surface area is 157 Å². The summed E-state index contributed by atoms with van der Waals surface area (Å²) in [5.74, 6) is 0.228. The van der Waals surface area contributed by atoms with Gasteiger partial charge in [-0.15, -0.1) is 0 Å². The van der Waals surface area contributed by atoms with Crippen molar-refractivity contribution in [1.29, 1.82) is 0 Å². The molecule has 0 spiro atoms. The zero-order valence-corrected chi connectivity index (χ0v) is 15.8. The van der Waals surface area contributed by atoms with E-state index in [-0.39, 0.29) is 22.5 Å². The first kappa shape index (κ1) is 16.7. The lowest BCUT2D eigenvalue weighted by molar-refractivity contribution is 0.276.